The molecule has 2 aromatic rings. The third kappa shape index (κ3) is 10.0. The summed E-state index contributed by atoms with van der Waals surface area (Å²) in [5.74, 6) is 0. The van der Waals surface area contributed by atoms with E-state index < -0.39 is 0 Å². The van der Waals surface area contributed by atoms with Crippen LogP contribution in [-0.2, 0) is 25.7 Å². The molecule has 0 fully saturated rings. The van der Waals surface area contributed by atoms with Crippen LogP contribution in [0.1, 0.15) is 132 Å². The van der Waals surface area contributed by atoms with Crippen molar-refractivity contribution in [3.05, 3.63) is 75.9 Å². The number of benzene rings is 2. The van der Waals surface area contributed by atoms with Crippen LogP contribution in [0.2, 0.25) is 0 Å². The van der Waals surface area contributed by atoms with E-state index in [0.717, 1.165) is 29.7 Å². The first-order valence-corrected chi connectivity index (χ1v) is 15.0. The van der Waals surface area contributed by atoms with Gasteiger partial charge in [-0.25, -0.2) is 0 Å². The van der Waals surface area contributed by atoms with Crippen LogP contribution in [0.25, 0.3) is 6.08 Å². The first kappa shape index (κ1) is 29.5. The van der Waals surface area contributed by atoms with Crippen LogP contribution in [0.4, 0.5) is 0 Å². The second kappa shape index (κ2) is 17.7. The van der Waals surface area contributed by atoms with Gasteiger partial charge in [-0.2, -0.15) is 0 Å². The Balaban J connectivity index is 1.97. The summed E-state index contributed by atoms with van der Waals surface area (Å²) in [7, 11) is 0. The van der Waals surface area contributed by atoms with E-state index in [-0.39, 0.29) is 0 Å². The van der Waals surface area contributed by atoms with E-state index in [4.69, 9.17) is 12.2 Å². The normalized spacial score (nSPS) is 11.4. The Bertz CT molecular complexity index is 891. The molecule has 0 saturated heterocycles. The Morgan fingerprint density at radius 3 is 1.77 bits per heavy atom. The van der Waals surface area contributed by atoms with E-state index in [9.17, 15) is 0 Å². The average molecular weight is 491 g/mol. The lowest BCUT2D eigenvalue weighted by Crippen LogP contribution is -2.06. The smallest absolute Gasteiger partial charge is 0.0449 e. The van der Waals surface area contributed by atoms with Crippen LogP contribution < -0.4 is 0 Å². The summed E-state index contributed by atoms with van der Waals surface area (Å²) >= 11 is 5.69. The van der Waals surface area contributed by atoms with Crippen molar-refractivity contribution in [2.24, 2.45) is 0 Å². The highest BCUT2D eigenvalue weighted by atomic mass is 32.1. The molecule has 0 unspecified atom stereocenters. The van der Waals surface area contributed by atoms with E-state index in [0.29, 0.717) is 0 Å². The summed E-state index contributed by atoms with van der Waals surface area (Å²) in [6, 6.07) is 12.8. The van der Waals surface area contributed by atoms with Gasteiger partial charge in [-0.1, -0.05) is 147 Å². The van der Waals surface area contributed by atoms with Gasteiger partial charge in [-0.15, -0.1) is 0 Å². The van der Waals surface area contributed by atoms with E-state index in [2.05, 4.69) is 70.2 Å². The standard InChI is InChI=1S/C34H50S/c1-5-9-10-11-12-13-14-15-16-17-21-24-33-28(6-2)27-30(31(7-3)32(33)8-4)25-26-34(35)29-22-19-18-20-23-29/h18-20,22-23,25-27H,5-17,21,24H2,1-4H3. The van der Waals surface area contributed by atoms with Crippen LogP contribution in [-0.4, -0.2) is 4.86 Å². The van der Waals surface area contributed by atoms with Crippen molar-refractivity contribution in [3.8, 4) is 0 Å². The monoisotopic (exact) mass is 490 g/mol. The molecule has 0 spiro atoms. The molecule has 0 atom stereocenters. The van der Waals surface area contributed by atoms with Gasteiger partial charge in [0.1, 0.15) is 0 Å². The summed E-state index contributed by atoms with van der Waals surface area (Å²) < 4.78 is 0. The molecule has 0 N–H and O–H groups in total. The highest BCUT2D eigenvalue weighted by Crippen LogP contribution is 2.28. The lowest BCUT2D eigenvalue weighted by atomic mass is 9.85. The van der Waals surface area contributed by atoms with Gasteiger partial charge in [-0.3, -0.25) is 0 Å². The lowest BCUT2D eigenvalue weighted by Gasteiger charge is -2.20. The third-order valence-corrected chi connectivity index (χ3v) is 7.76. The number of thiocarbonyl (C=S) groups is 1. The molecule has 0 aliphatic carbocycles. The molecular formula is C34H50S. The summed E-state index contributed by atoms with van der Waals surface area (Å²) in [5, 5.41) is 0. The van der Waals surface area contributed by atoms with Crippen molar-refractivity contribution in [2.75, 3.05) is 0 Å². The van der Waals surface area contributed by atoms with Gasteiger partial charge < -0.3 is 0 Å². The summed E-state index contributed by atoms with van der Waals surface area (Å²) in [4.78, 5) is 0.911. The van der Waals surface area contributed by atoms with Gasteiger partial charge in [0.25, 0.3) is 0 Å². The van der Waals surface area contributed by atoms with Crippen molar-refractivity contribution in [2.45, 2.75) is 124 Å². The summed E-state index contributed by atoms with van der Waals surface area (Å²) in [6.07, 6.45) is 24.4. The Hall–Kier alpha value is -1.73. The van der Waals surface area contributed by atoms with Gasteiger partial charge in [0.2, 0.25) is 0 Å². The largest absolute Gasteiger partial charge is 0.0795 e. The quantitative estimate of drug-likeness (QED) is 0.0866. The van der Waals surface area contributed by atoms with Crippen molar-refractivity contribution in [1.82, 2.24) is 0 Å². The highest BCUT2D eigenvalue weighted by Gasteiger charge is 2.14. The molecule has 0 radical (unpaired) electrons. The second-order valence-electron chi connectivity index (χ2n) is 9.97. The first-order valence-electron chi connectivity index (χ1n) is 14.6. The maximum Gasteiger partial charge on any atom is 0.0449 e. The molecule has 0 aliphatic heterocycles. The average Bonchev–Trinajstić information content (AvgIpc) is 2.90. The van der Waals surface area contributed by atoms with Gasteiger partial charge in [0, 0.05) is 4.86 Å². The highest BCUT2D eigenvalue weighted by molar-refractivity contribution is 7.81. The maximum atomic E-state index is 5.69. The fourth-order valence-corrected chi connectivity index (χ4v) is 5.57. The molecule has 192 valence electrons. The van der Waals surface area contributed by atoms with Gasteiger partial charge >= 0.3 is 0 Å². The molecule has 1 heteroatoms. The Morgan fingerprint density at radius 1 is 0.657 bits per heavy atom. The predicted molar refractivity (Wildman–Crippen MR) is 162 cm³/mol. The van der Waals surface area contributed by atoms with Crippen molar-refractivity contribution >= 4 is 23.2 Å². The zero-order chi connectivity index (χ0) is 25.3. The molecule has 0 bridgehead atoms. The predicted octanol–water partition coefficient (Wildman–Crippen LogP) is 10.7. The minimum absolute atomic E-state index is 0.911. The van der Waals surface area contributed by atoms with Crippen LogP contribution in [0.3, 0.4) is 0 Å². The lowest BCUT2D eigenvalue weighted by molar-refractivity contribution is 0.549. The Morgan fingerprint density at radius 2 is 1.23 bits per heavy atom. The minimum atomic E-state index is 0.911. The summed E-state index contributed by atoms with van der Waals surface area (Å²) in [6.45, 7) is 9.25. The zero-order valence-electron chi connectivity index (χ0n) is 23.1. The van der Waals surface area contributed by atoms with Gasteiger partial charge in [0.05, 0.1) is 0 Å². The third-order valence-electron chi connectivity index (χ3n) is 7.39. The van der Waals surface area contributed by atoms with Crippen molar-refractivity contribution in [1.29, 1.82) is 0 Å². The maximum absolute atomic E-state index is 5.69. The molecule has 0 heterocycles. The molecule has 0 aliphatic rings. The number of hydrogen-bond donors (Lipinski definition) is 0. The van der Waals surface area contributed by atoms with E-state index in [1.807, 2.05) is 6.07 Å². The molecule has 0 amide bonds. The Kier molecular flexibility index (Phi) is 14.9. The van der Waals surface area contributed by atoms with Crippen LogP contribution in [0.15, 0.2) is 42.5 Å². The SMILES string of the molecule is CCCCCCCCCCCCCc1c(CC)cc(C=CC(=S)c2ccccc2)c(CC)c1CC. The number of allylic oxidation sites excluding steroid dienone is 1. The van der Waals surface area contributed by atoms with E-state index in [1.54, 1.807) is 11.1 Å². The van der Waals surface area contributed by atoms with Crippen molar-refractivity contribution < 1.29 is 0 Å². The van der Waals surface area contributed by atoms with Gasteiger partial charge in [-0.05, 0) is 71.6 Å². The molecule has 2 aromatic carbocycles. The fourth-order valence-electron chi connectivity index (χ4n) is 5.36. The number of aryl methyl sites for hydroxylation is 1. The fraction of sp³-hybridized carbons (Fsp3) is 0.559. The van der Waals surface area contributed by atoms with Crippen LogP contribution >= 0.6 is 12.2 Å². The second-order valence-corrected chi connectivity index (χ2v) is 10.4. The van der Waals surface area contributed by atoms with Crippen LogP contribution in [0.5, 0.6) is 0 Å². The topological polar surface area (TPSA) is 0 Å². The Labute approximate surface area is 222 Å². The zero-order valence-corrected chi connectivity index (χ0v) is 24.0. The molecule has 35 heavy (non-hydrogen) atoms. The van der Waals surface area contributed by atoms with E-state index in [1.165, 1.54) is 93.7 Å². The molecular weight excluding hydrogens is 440 g/mol. The molecule has 0 aromatic heterocycles. The molecule has 0 nitrogen and oxygen atoms in total. The molecule has 0 saturated carbocycles. The van der Waals surface area contributed by atoms with E-state index >= 15 is 0 Å². The number of rotatable bonds is 18. The number of hydrogen-bond acceptors (Lipinski definition) is 1. The van der Waals surface area contributed by atoms with Gasteiger partial charge in [0.15, 0.2) is 0 Å². The summed E-state index contributed by atoms with van der Waals surface area (Å²) in [5.41, 5.74) is 8.79. The van der Waals surface area contributed by atoms with Crippen LogP contribution in [0, 0.1) is 0 Å². The van der Waals surface area contributed by atoms with Crippen molar-refractivity contribution in [3.63, 3.8) is 0 Å². The minimum Gasteiger partial charge on any atom is -0.0795 e. The number of unbranched alkanes of at least 4 members (excludes halogenated alkanes) is 10. The molecule has 2 rings (SSSR count). The first-order chi connectivity index (χ1) is 17.2.